The minimum Gasteiger partial charge on any atom is -0.481 e. The lowest BCUT2D eigenvalue weighted by molar-refractivity contribution is -0.152. The highest BCUT2D eigenvalue weighted by molar-refractivity contribution is 5.79. The summed E-state index contributed by atoms with van der Waals surface area (Å²) in [6.07, 6.45) is 3.83. The minimum absolute atomic E-state index is 0.143. The fourth-order valence-electron chi connectivity index (χ4n) is 2.41. The molecule has 0 spiro atoms. The number of carboxylic acid groups (broad SMARTS) is 1. The van der Waals surface area contributed by atoms with Crippen molar-refractivity contribution in [2.24, 2.45) is 17.8 Å². The second-order valence-corrected chi connectivity index (χ2v) is 4.89. The fourth-order valence-corrected chi connectivity index (χ4v) is 2.41. The molecule has 5 heteroatoms. The van der Waals surface area contributed by atoms with Crippen LogP contribution in [0.2, 0.25) is 0 Å². The van der Waals surface area contributed by atoms with Crippen LogP contribution in [0.5, 0.6) is 0 Å². The van der Waals surface area contributed by atoms with Crippen LogP contribution in [-0.2, 0) is 14.3 Å². The zero-order chi connectivity index (χ0) is 13.7. The SMILES string of the molecule is COC(=O)CC(C(=O)O)[C@@H]1C[C@H](C)C=C[C@H](O)C1. The summed E-state index contributed by atoms with van der Waals surface area (Å²) < 4.78 is 4.53. The number of allylic oxidation sites excluding steroid dienone is 1. The van der Waals surface area contributed by atoms with E-state index in [1.807, 2.05) is 13.0 Å². The number of carbonyl (C=O) groups excluding carboxylic acids is 1. The van der Waals surface area contributed by atoms with Gasteiger partial charge in [0.15, 0.2) is 0 Å². The highest BCUT2D eigenvalue weighted by atomic mass is 16.5. The fraction of sp³-hybridized carbons (Fsp3) is 0.692. The lowest BCUT2D eigenvalue weighted by Gasteiger charge is -2.24. The van der Waals surface area contributed by atoms with Crippen LogP contribution in [0.4, 0.5) is 0 Å². The highest BCUT2D eigenvalue weighted by Crippen LogP contribution is 2.31. The largest absolute Gasteiger partial charge is 0.481 e. The molecule has 5 nitrogen and oxygen atoms in total. The maximum Gasteiger partial charge on any atom is 0.307 e. The third kappa shape index (κ3) is 4.14. The van der Waals surface area contributed by atoms with Gasteiger partial charge in [0, 0.05) is 0 Å². The van der Waals surface area contributed by atoms with Crippen LogP contribution in [0.25, 0.3) is 0 Å². The smallest absolute Gasteiger partial charge is 0.307 e. The van der Waals surface area contributed by atoms with Gasteiger partial charge in [0.25, 0.3) is 0 Å². The molecule has 1 unspecified atom stereocenters. The minimum atomic E-state index is -1.01. The average Bonchev–Trinajstić information content (AvgIpc) is 2.47. The Kier molecular flexibility index (Phi) is 5.34. The van der Waals surface area contributed by atoms with Crippen molar-refractivity contribution in [1.29, 1.82) is 0 Å². The lowest BCUT2D eigenvalue weighted by atomic mass is 9.81. The first-order valence-electron chi connectivity index (χ1n) is 6.10. The topological polar surface area (TPSA) is 83.8 Å². The van der Waals surface area contributed by atoms with E-state index in [1.165, 1.54) is 7.11 Å². The van der Waals surface area contributed by atoms with E-state index in [1.54, 1.807) is 6.08 Å². The zero-order valence-corrected chi connectivity index (χ0v) is 10.7. The van der Waals surface area contributed by atoms with E-state index in [-0.39, 0.29) is 18.3 Å². The first-order valence-corrected chi connectivity index (χ1v) is 6.10. The zero-order valence-electron chi connectivity index (χ0n) is 10.7. The van der Waals surface area contributed by atoms with Crippen LogP contribution in [0.15, 0.2) is 12.2 Å². The van der Waals surface area contributed by atoms with Gasteiger partial charge in [0.2, 0.25) is 0 Å². The third-order valence-corrected chi connectivity index (χ3v) is 3.38. The Labute approximate surface area is 106 Å². The van der Waals surface area contributed by atoms with Crippen LogP contribution < -0.4 is 0 Å². The van der Waals surface area contributed by atoms with Crippen LogP contribution in [0.3, 0.4) is 0 Å². The second-order valence-electron chi connectivity index (χ2n) is 4.89. The number of aliphatic hydroxyl groups is 1. The Bertz CT molecular complexity index is 322. The number of methoxy groups -OCH3 is 1. The molecular formula is C13H20O5. The first kappa shape index (κ1) is 14.7. The van der Waals surface area contributed by atoms with Gasteiger partial charge in [-0.05, 0) is 24.7 Å². The predicted molar refractivity (Wildman–Crippen MR) is 64.8 cm³/mol. The molecule has 0 fully saturated rings. The number of carboxylic acids is 1. The summed E-state index contributed by atoms with van der Waals surface area (Å²) in [7, 11) is 1.24. The highest BCUT2D eigenvalue weighted by Gasteiger charge is 2.33. The normalized spacial score (nSPS) is 29.4. The number of carbonyl (C=O) groups is 2. The molecule has 0 amide bonds. The summed E-state index contributed by atoms with van der Waals surface area (Å²) in [5.74, 6) is -2.35. The van der Waals surface area contributed by atoms with Gasteiger partial charge in [-0.1, -0.05) is 19.1 Å². The van der Waals surface area contributed by atoms with Crippen LogP contribution in [-0.4, -0.2) is 35.4 Å². The number of rotatable bonds is 4. The molecular weight excluding hydrogens is 236 g/mol. The Balaban J connectivity index is 2.78. The van der Waals surface area contributed by atoms with E-state index in [0.717, 1.165) is 0 Å². The van der Waals surface area contributed by atoms with E-state index in [9.17, 15) is 19.8 Å². The summed E-state index contributed by atoms with van der Waals surface area (Å²) in [5, 5.41) is 18.9. The van der Waals surface area contributed by atoms with Crippen molar-refractivity contribution in [2.45, 2.75) is 32.3 Å². The number of ether oxygens (including phenoxy) is 1. The number of esters is 1. The molecule has 0 saturated heterocycles. The van der Waals surface area contributed by atoms with Gasteiger partial charge < -0.3 is 14.9 Å². The third-order valence-electron chi connectivity index (χ3n) is 3.38. The molecule has 102 valence electrons. The quantitative estimate of drug-likeness (QED) is 0.583. The van der Waals surface area contributed by atoms with Crippen molar-refractivity contribution in [3.63, 3.8) is 0 Å². The molecule has 1 rings (SSSR count). The van der Waals surface area contributed by atoms with Crippen LogP contribution in [0.1, 0.15) is 26.2 Å². The van der Waals surface area contributed by atoms with Gasteiger partial charge in [-0.3, -0.25) is 9.59 Å². The number of hydrogen-bond acceptors (Lipinski definition) is 4. The van der Waals surface area contributed by atoms with Crippen molar-refractivity contribution < 1.29 is 24.5 Å². The number of hydrogen-bond donors (Lipinski definition) is 2. The molecule has 1 aliphatic carbocycles. The molecule has 1 aliphatic rings. The van der Waals surface area contributed by atoms with E-state index in [2.05, 4.69) is 4.74 Å². The Morgan fingerprint density at radius 2 is 2.06 bits per heavy atom. The van der Waals surface area contributed by atoms with Gasteiger partial charge >= 0.3 is 11.9 Å². The van der Waals surface area contributed by atoms with E-state index in [4.69, 9.17) is 0 Å². The summed E-state index contributed by atoms with van der Waals surface area (Å²) in [6.45, 7) is 1.97. The van der Waals surface area contributed by atoms with Gasteiger partial charge in [-0.25, -0.2) is 0 Å². The van der Waals surface area contributed by atoms with Crippen molar-refractivity contribution in [1.82, 2.24) is 0 Å². The molecule has 0 radical (unpaired) electrons. The molecule has 4 atom stereocenters. The van der Waals surface area contributed by atoms with Crippen LogP contribution >= 0.6 is 0 Å². The van der Waals surface area contributed by atoms with E-state index >= 15 is 0 Å². The molecule has 2 N–H and O–H groups in total. The standard InChI is InChI=1S/C13H20O5/c1-8-3-4-10(14)6-9(5-8)11(13(16)17)7-12(15)18-2/h3-4,8-11,14H,5-7H2,1-2H3,(H,16,17)/t8-,9-,10+,11?/m1/s1. The Hall–Kier alpha value is -1.36. The van der Waals surface area contributed by atoms with Gasteiger partial charge in [0.05, 0.1) is 25.6 Å². The summed E-state index contributed by atoms with van der Waals surface area (Å²) in [4.78, 5) is 22.5. The van der Waals surface area contributed by atoms with Gasteiger partial charge in [-0.2, -0.15) is 0 Å². The molecule has 0 aromatic heterocycles. The summed E-state index contributed by atoms with van der Waals surface area (Å²) in [6, 6.07) is 0. The lowest BCUT2D eigenvalue weighted by Crippen LogP contribution is -2.29. The van der Waals surface area contributed by atoms with E-state index < -0.39 is 24.0 Å². The molecule has 0 heterocycles. The molecule has 18 heavy (non-hydrogen) atoms. The Morgan fingerprint density at radius 1 is 1.39 bits per heavy atom. The monoisotopic (exact) mass is 256 g/mol. The van der Waals surface area contributed by atoms with Crippen molar-refractivity contribution in [3.8, 4) is 0 Å². The molecule has 0 bridgehead atoms. The summed E-state index contributed by atoms with van der Waals surface area (Å²) in [5.41, 5.74) is 0. The second kappa shape index (κ2) is 6.54. The van der Waals surface area contributed by atoms with Gasteiger partial charge in [0.1, 0.15) is 0 Å². The maximum atomic E-state index is 11.3. The van der Waals surface area contributed by atoms with Crippen molar-refractivity contribution >= 4 is 11.9 Å². The molecule has 0 saturated carbocycles. The predicted octanol–water partition coefficient (Wildman–Crippen LogP) is 1.21. The van der Waals surface area contributed by atoms with E-state index in [0.29, 0.717) is 12.8 Å². The summed E-state index contributed by atoms with van der Waals surface area (Å²) >= 11 is 0. The molecule has 0 aliphatic heterocycles. The van der Waals surface area contributed by atoms with Crippen molar-refractivity contribution in [2.75, 3.05) is 7.11 Å². The Morgan fingerprint density at radius 3 is 2.61 bits per heavy atom. The van der Waals surface area contributed by atoms with Gasteiger partial charge in [-0.15, -0.1) is 0 Å². The van der Waals surface area contributed by atoms with Crippen LogP contribution in [0, 0.1) is 17.8 Å². The number of aliphatic hydroxyl groups excluding tert-OH is 1. The molecule has 0 aromatic carbocycles. The number of aliphatic carboxylic acids is 1. The first-order chi connectivity index (χ1) is 8.43. The van der Waals surface area contributed by atoms with Crippen molar-refractivity contribution in [3.05, 3.63) is 12.2 Å². The molecule has 0 aromatic rings. The average molecular weight is 256 g/mol. The maximum absolute atomic E-state index is 11.3.